The summed E-state index contributed by atoms with van der Waals surface area (Å²) >= 11 is 12.5. The number of nitrogens with zero attached hydrogens (tertiary/aromatic N) is 2. The van der Waals surface area contributed by atoms with Gasteiger partial charge in [0.25, 0.3) is 5.56 Å². The van der Waals surface area contributed by atoms with E-state index in [9.17, 15) is 17.6 Å². The second kappa shape index (κ2) is 8.09. The summed E-state index contributed by atoms with van der Waals surface area (Å²) in [6, 6.07) is 10.8. The maximum absolute atomic E-state index is 14.7. The minimum absolute atomic E-state index is 0.00348. The number of rotatable bonds is 5. The lowest BCUT2D eigenvalue weighted by atomic mass is 10.1. The lowest BCUT2D eigenvalue weighted by Crippen LogP contribution is -2.27. The zero-order chi connectivity index (χ0) is 21.5. The summed E-state index contributed by atoms with van der Waals surface area (Å²) in [5.74, 6) is -1.03. The SMILES string of the molecule is O=c1c(-c2cc(NS(=O)(=O)Cc3ccccc3)c(Cl)cc2F)c(Cl)n2n1CCCC2. The Morgan fingerprint density at radius 1 is 1.03 bits per heavy atom. The van der Waals surface area contributed by atoms with Crippen LogP contribution in [0.3, 0.4) is 0 Å². The third-order valence-electron chi connectivity index (χ3n) is 4.95. The first-order chi connectivity index (χ1) is 14.3. The first-order valence-corrected chi connectivity index (χ1v) is 11.7. The van der Waals surface area contributed by atoms with Crippen LogP contribution >= 0.6 is 23.2 Å². The highest BCUT2D eigenvalue weighted by molar-refractivity contribution is 7.91. The molecule has 2 heterocycles. The van der Waals surface area contributed by atoms with Crippen molar-refractivity contribution in [2.24, 2.45) is 0 Å². The van der Waals surface area contributed by atoms with E-state index in [1.54, 1.807) is 35.0 Å². The quantitative estimate of drug-likeness (QED) is 0.597. The van der Waals surface area contributed by atoms with Crippen molar-refractivity contribution in [3.63, 3.8) is 0 Å². The number of anilines is 1. The molecule has 0 saturated heterocycles. The van der Waals surface area contributed by atoms with Gasteiger partial charge in [0, 0.05) is 18.7 Å². The maximum atomic E-state index is 14.7. The molecule has 0 saturated carbocycles. The van der Waals surface area contributed by atoms with Crippen molar-refractivity contribution in [2.75, 3.05) is 4.72 Å². The molecule has 3 aromatic rings. The normalized spacial score (nSPS) is 13.8. The van der Waals surface area contributed by atoms with E-state index in [-0.39, 0.29) is 32.7 Å². The largest absolute Gasteiger partial charge is 0.282 e. The van der Waals surface area contributed by atoms with Gasteiger partial charge in [-0.25, -0.2) is 17.5 Å². The Hall–Kier alpha value is -2.29. The molecule has 0 radical (unpaired) electrons. The van der Waals surface area contributed by atoms with Gasteiger partial charge in [0.05, 0.1) is 22.0 Å². The lowest BCUT2D eigenvalue weighted by Gasteiger charge is -2.17. The van der Waals surface area contributed by atoms with Crippen LogP contribution in [0, 0.1) is 5.82 Å². The van der Waals surface area contributed by atoms with Crippen LogP contribution in [-0.4, -0.2) is 17.8 Å². The smallest absolute Gasteiger partial charge is 0.276 e. The minimum atomic E-state index is -3.82. The molecule has 0 bridgehead atoms. The fourth-order valence-electron chi connectivity index (χ4n) is 3.57. The molecule has 1 aliphatic rings. The number of nitrogens with one attached hydrogen (secondary N) is 1. The first-order valence-electron chi connectivity index (χ1n) is 9.30. The third kappa shape index (κ3) is 3.99. The summed E-state index contributed by atoms with van der Waals surface area (Å²) < 4.78 is 45.4. The second-order valence-corrected chi connectivity index (χ2v) is 9.57. The molecule has 4 rings (SSSR count). The van der Waals surface area contributed by atoms with Gasteiger partial charge < -0.3 is 0 Å². The van der Waals surface area contributed by atoms with Crippen LogP contribution in [0.2, 0.25) is 10.2 Å². The third-order valence-corrected chi connectivity index (χ3v) is 6.89. The summed E-state index contributed by atoms with van der Waals surface area (Å²) in [4.78, 5) is 12.8. The van der Waals surface area contributed by atoms with Gasteiger partial charge in [-0.15, -0.1) is 0 Å². The van der Waals surface area contributed by atoms with Gasteiger partial charge in [-0.2, -0.15) is 0 Å². The van der Waals surface area contributed by atoms with E-state index in [0.717, 1.165) is 18.9 Å². The van der Waals surface area contributed by atoms with Crippen LogP contribution < -0.4 is 10.3 Å². The number of sulfonamides is 1. The molecule has 0 fully saturated rings. The average molecular weight is 470 g/mol. The molecule has 1 N–H and O–H groups in total. The zero-order valence-corrected chi connectivity index (χ0v) is 18.1. The standard InChI is InChI=1S/C20H18Cl2FN3O3S/c21-15-11-16(23)14(18-19(22)25-8-4-5-9-26(25)20(18)27)10-17(15)24-30(28,29)12-13-6-2-1-3-7-13/h1-3,6-7,10-11,24H,4-5,8-9,12H2. The van der Waals surface area contributed by atoms with Crippen molar-refractivity contribution >= 4 is 38.9 Å². The molecule has 1 aliphatic heterocycles. The van der Waals surface area contributed by atoms with E-state index in [0.29, 0.717) is 18.7 Å². The topological polar surface area (TPSA) is 73.1 Å². The predicted molar refractivity (Wildman–Crippen MR) is 116 cm³/mol. The van der Waals surface area contributed by atoms with Gasteiger partial charge in [0.1, 0.15) is 11.0 Å². The Bertz CT molecular complexity index is 1270. The van der Waals surface area contributed by atoms with Crippen molar-refractivity contribution in [1.29, 1.82) is 0 Å². The van der Waals surface area contributed by atoms with Crippen LogP contribution in [0.15, 0.2) is 47.3 Å². The molecule has 0 spiro atoms. The second-order valence-electron chi connectivity index (χ2n) is 7.08. The van der Waals surface area contributed by atoms with Gasteiger partial charge in [0.2, 0.25) is 10.0 Å². The van der Waals surface area contributed by atoms with Gasteiger partial charge >= 0.3 is 0 Å². The molecule has 2 aromatic carbocycles. The van der Waals surface area contributed by atoms with Crippen LogP contribution in [0.5, 0.6) is 0 Å². The highest BCUT2D eigenvalue weighted by atomic mass is 35.5. The Morgan fingerprint density at radius 3 is 2.37 bits per heavy atom. The van der Waals surface area contributed by atoms with Gasteiger partial charge in [-0.05, 0) is 30.5 Å². The van der Waals surface area contributed by atoms with E-state index in [2.05, 4.69) is 4.72 Å². The Kier molecular flexibility index (Phi) is 5.65. The summed E-state index contributed by atoms with van der Waals surface area (Å²) in [7, 11) is -3.82. The van der Waals surface area contributed by atoms with Crippen molar-refractivity contribution in [3.8, 4) is 11.1 Å². The Balaban J connectivity index is 1.74. The summed E-state index contributed by atoms with van der Waals surface area (Å²) in [6.07, 6.45) is 1.69. The highest BCUT2D eigenvalue weighted by Gasteiger charge is 2.25. The zero-order valence-electron chi connectivity index (χ0n) is 15.7. The van der Waals surface area contributed by atoms with Crippen molar-refractivity contribution in [2.45, 2.75) is 31.7 Å². The number of hydrogen-bond acceptors (Lipinski definition) is 3. The van der Waals surface area contributed by atoms with E-state index in [1.807, 2.05) is 0 Å². The van der Waals surface area contributed by atoms with Crippen LogP contribution in [-0.2, 0) is 28.9 Å². The molecular formula is C20H18Cl2FN3O3S. The molecule has 30 heavy (non-hydrogen) atoms. The number of aromatic nitrogens is 2. The van der Waals surface area contributed by atoms with E-state index in [1.165, 1.54) is 10.7 Å². The number of halogens is 3. The van der Waals surface area contributed by atoms with Gasteiger partial charge in [-0.1, -0.05) is 53.5 Å². The van der Waals surface area contributed by atoms with E-state index in [4.69, 9.17) is 23.2 Å². The first kappa shape index (κ1) is 21.0. The molecule has 0 aliphatic carbocycles. The molecule has 0 unspecified atom stereocenters. The maximum Gasteiger partial charge on any atom is 0.276 e. The highest BCUT2D eigenvalue weighted by Crippen LogP contribution is 2.35. The van der Waals surface area contributed by atoms with Crippen molar-refractivity contribution in [3.05, 3.63) is 74.4 Å². The lowest BCUT2D eigenvalue weighted by molar-refractivity contribution is 0.356. The molecule has 0 atom stereocenters. The van der Waals surface area contributed by atoms with Crippen molar-refractivity contribution in [1.82, 2.24) is 9.36 Å². The molecule has 158 valence electrons. The molecule has 0 amide bonds. The Morgan fingerprint density at radius 2 is 1.70 bits per heavy atom. The number of hydrogen-bond donors (Lipinski definition) is 1. The molecular weight excluding hydrogens is 452 g/mol. The Labute approximate surface area is 182 Å². The van der Waals surface area contributed by atoms with E-state index < -0.39 is 21.4 Å². The van der Waals surface area contributed by atoms with Crippen LogP contribution in [0.1, 0.15) is 18.4 Å². The number of fused-ring (bicyclic) bond motifs is 1. The molecule has 10 heteroatoms. The number of benzene rings is 2. The molecule has 6 nitrogen and oxygen atoms in total. The van der Waals surface area contributed by atoms with Gasteiger partial charge in [-0.3, -0.25) is 14.2 Å². The summed E-state index contributed by atoms with van der Waals surface area (Å²) in [5.41, 5.74) is 0.0509. The van der Waals surface area contributed by atoms with Crippen LogP contribution in [0.25, 0.3) is 11.1 Å². The van der Waals surface area contributed by atoms with E-state index >= 15 is 0 Å². The van der Waals surface area contributed by atoms with Crippen molar-refractivity contribution < 1.29 is 12.8 Å². The van der Waals surface area contributed by atoms with Gasteiger partial charge in [0.15, 0.2) is 0 Å². The fraction of sp³-hybridized carbons (Fsp3) is 0.250. The van der Waals surface area contributed by atoms with Crippen LogP contribution in [0.4, 0.5) is 10.1 Å². The average Bonchev–Trinajstić information content (AvgIpc) is 2.95. The predicted octanol–water partition coefficient (Wildman–Crippen LogP) is 4.50. The molecule has 1 aromatic heterocycles. The summed E-state index contributed by atoms with van der Waals surface area (Å²) in [6.45, 7) is 1.05. The minimum Gasteiger partial charge on any atom is -0.282 e. The fourth-order valence-corrected chi connectivity index (χ4v) is 5.39. The monoisotopic (exact) mass is 469 g/mol. The summed E-state index contributed by atoms with van der Waals surface area (Å²) in [5, 5.41) is 0.00657.